The minimum Gasteiger partial charge on any atom is -0.170 e. The lowest BCUT2D eigenvalue weighted by Crippen LogP contribution is -2.00. The average Bonchev–Trinajstić information content (AvgIpc) is 2.53. The summed E-state index contributed by atoms with van der Waals surface area (Å²) in [5.41, 5.74) is 0. The van der Waals surface area contributed by atoms with E-state index in [9.17, 15) is 0 Å². The third kappa shape index (κ3) is 2.24. The molecule has 1 rings (SSSR count). The maximum absolute atomic E-state index is 4.57. The van der Waals surface area contributed by atoms with Crippen LogP contribution in [-0.2, 0) is 0 Å². The molecule has 62 valence electrons. The zero-order chi connectivity index (χ0) is 8.27. The standard InChI is InChI=1S/C9H14S2/c1-3-7(2)9(10)8-5-4-6-11-8/h4-7,9-10H,3H2,1-2H3. The molecule has 0 aromatic carbocycles. The number of hydrogen-bond donors (Lipinski definition) is 1. The van der Waals surface area contributed by atoms with Gasteiger partial charge in [-0.05, 0) is 17.4 Å². The molecule has 0 fully saturated rings. The molecule has 0 bridgehead atoms. The van der Waals surface area contributed by atoms with Crippen molar-refractivity contribution in [1.29, 1.82) is 0 Å². The SMILES string of the molecule is CCC(C)C(S)c1cccs1. The first kappa shape index (κ1) is 9.14. The number of rotatable bonds is 3. The third-order valence-electron chi connectivity index (χ3n) is 2.02. The zero-order valence-electron chi connectivity index (χ0n) is 6.95. The minimum atomic E-state index is 0.431. The minimum absolute atomic E-state index is 0.431. The van der Waals surface area contributed by atoms with Gasteiger partial charge in [-0.25, -0.2) is 0 Å². The fourth-order valence-corrected chi connectivity index (χ4v) is 2.29. The highest BCUT2D eigenvalue weighted by molar-refractivity contribution is 7.80. The van der Waals surface area contributed by atoms with E-state index < -0.39 is 0 Å². The monoisotopic (exact) mass is 186 g/mol. The van der Waals surface area contributed by atoms with Gasteiger partial charge in [0.25, 0.3) is 0 Å². The van der Waals surface area contributed by atoms with Crippen LogP contribution in [0, 0.1) is 5.92 Å². The second-order valence-electron chi connectivity index (χ2n) is 2.85. The zero-order valence-corrected chi connectivity index (χ0v) is 8.66. The Morgan fingerprint density at radius 3 is 2.82 bits per heavy atom. The normalized spacial score (nSPS) is 16.3. The lowest BCUT2D eigenvalue weighted by molar-refractivity contribution is 0.556. The number of thiophene rings is 1. The first-order valence-electron chi connectivity index (χ1n) is 3.97. The van der Waals surface area contributed by atoms with Crippen LogP contribution in [0.4, 0.5) is 0 Å². The second-order valence-corrected chi connectivity index (χ2v) is 4.38. The predicted octanol–water partition coefficient (Wildman–Crippen LogP) is 3.77. The molecule has 0 radical (unpaired) electrons. The Labute approximate surface area is 78.1 Å². The highest BCUT2D eigenvalue weighted by atomic mass is 32.1. The predicted molar refractivity (Wildman–Crippen MR) is 55.5 cm³/mol. The van der Waals surface area contributed by atoms with Crippen molar-refractivity contribution in [2.24, 2.45) is 5.92 Å². The fraction of sp³-hybridized carbons (Fsp3) is 0.556. The molecule has 0 aliphatic heterocycles. The van der Waals surface area contributed by atoms with Gasteiger partial charge in [-0.3, -0.25) is 0 Å². The summed E-state index contributed by atoms with van der Waals surface area (Å²) < 4.78 is 0. The molecule has 2 heteroatoms. The summed E-state index contributed by atoms with van der Waals surface area (Å²) in [5, 5.41) is 2.54. The van der Waals surface area contributed by atoms with E-state index in [2.05, 4.69) is 44.0 Å². The van der Waals surface area contributed by atoms with E-state index in [1.165, 1.54) is 11.3 Å². The molecular weight excluding hydrogens is 172 g/mol. The Balaban J connectivity index is 2.62. The molecule has 1 aromatic rings. The molecule has 1 heterocycles. The second kappa shape index (κ2) is 4.17. The van der Waals surface area contributed by atoms with Gasteiger partial charge in [0.05, 0.1) is 0 Å². The third-order valence-corrected chi connectivity index (χ3v) is 3.93. The lowest BCUT2D eigenvalue weighted by Gasteiger charge is -2.15. The summed E-state index contributed by atoms with van der Waals surface area (Å²) in [6, 6.07) is 4.25. The van der Waals surface area contributed by atoms with Crippen molar-refractivity contribution >= 4 is 24.0 Å². The van der Waals surface area contributed by atoms with Crippen LogP contribution in [0.3, 0.4) is 0 Å². The van der Waals surface area contributed by atoms with Gasteiger partial charge in [0.2, 0.25) is 0 Å². The van der Waals surface area contributed by atoms with Crippen LogP contribution in [0.5, 0.6) is 0 Å². The molecule has 0 nitrogen and oxygen atoms in total. The van der Waals surface area contributed by atoms with Crippen LogP contribution in [-0.4, -0.2) is 0 Å². The summed E-state index contributed by atoms with van der Waals surface area (Å²) in [6.07, 6.45) is 1.20. The van der Waals surface area contributed by atoms with Gasteiger partial charge in [-0.2, -0.15) is 12.6 Å². The van der Waals surface area contributed by atoms with E-state index in [1.54, 1.807) is 11.3 Å². The molecule has 0 amide bonds. The number of hydrogen-bond acceptors (Lipinski definition) is 2. The Kier molecular flexibility index (Phi) is 3.46. The maximum atomic E-state index is 4.57. The Morgan fingerprint density at radius 1 is 1.64 bits per heavy atom. The van der Waals surface area contributed by atoms with Crippen LogP contribution in [0.1, 0.15) is 30.4 Å². The van der Waals surface area contributed by atoms with E-state index in [4.69, 9.17) is 0 Å². The summed E-state index contributed by atoms with van der Waals surface area (Å²) in [7, 11) is 0. The van der Waals surface area contributed by atoms with Crippen LogP contribution >= 0.6 is 24.0 Å². The summed E-state index contributed by atoms with van der Waals surface area (Å²) in [6.45, 7) is 4.46. The van der Waals surface area contributed by atoms with Crippen molar-refractivity contribution in [3.63, 3.8) is 0 Å². The molecule has 2 unspecified atom stereocenters. The van der Waals surface area contributed by atoms with E-state index in [0.29, 0.717) is 11.2 Å². The first-order valence-corrected chi connectivity index (χ1v) is 5.36. The highest BCUT2D eigenvalue weighted by Gasteiger charge is 2.13. The van der Waals surface area contributed by atoms with Crippen molar-refractivity contribution in [2.75, 3.05) is 0 Å². The van der Waals surface area contributed by atoms with Gasteiger partial charge in [0, 0.05) is 10.1 Å². The van der Waals surface area contributed by atoms with E-state index >= 15 is 0 Å². The van der Waals surface area contributed by atoms with Crippen molar-refractivity contribution in [3.05, 3.63) is 22.4 Å². The Hall–Kier alpha value is 0.0500. The molecule has 1 aromatic heterocycles. The van der Waals surface area contributed by atoms with Gasteiger partial charge in [-0.1, -0.05) is 26.3 Å². The molecular formula is C9H14S2. The molecule has 0 aliphatic carbocycles. The topological polar surface area (TPSA) is 0 Å². The van der Waals surface area contributed by atoms with Crippen molar-refractivity contribution in [1.82, 2.24) is 0 Å². The van der Waals surface area contributed by atoms with Crippen molar-refractivity contribution in [3.8, 4) is 0 Å². The van der Waals surface area contributed by atoms with Crippen LogP contribution in [0.2, 0.25) is 0 Å². The molecule has 0 saturated carbocycles. The first-order chi connectivity index (χ1) is 5.25. The summed E-state index contributed by atoms with van der Waals surface area (Å²) in [4.78, 5) is 1.39. The lowest BCUT2D eigenvalue weighted by atomic mass is 10.0. The molecule has 11 heavy (non-hydrogen) atoms. The van der Waals surface area contributed by atoms with Gasteiger partial charge in [-0.15, -0.1) is 11.3 Å². The van der Waals surface area contributed by atoms with Crippen molar-refractivity contribution in [2.45, 2.75) is 25.5 Å². The smallest absolute Gasteiger partial charge is 0.0386 e. The van der Waals surface area contributed by atoms with Crippen LogP contribution in [0.25, 0.3) is 0 Å². The van der Waals surface area contributed by atoms with Gasteiger partial charge in [0.15, 0.2) is 0 Å². The van der Waals surface area contributed by atoms with Gasteiger partial charge >= 0.3 is 0 Å². The molecule has 2 atom stereocenters. The maximum Gasteiger partial charge on any atom is 0.0386 e. The fourth-order valence-electron chi connectivity index (χ4n) is 0.963. The van der Waals surface area contributed by atoms with E-state index in [0.717, 1.165) is 0 Å². The number of thiol groups is 1. The van der Waals surface area contributed by atoms with Crippen molar-refractivity contribution < 1.29 is 0 Å². The van der Waals surface area contributed by atoms with Crippen LogP contribution in [0.15, 0.2) is 17.5 Å². The van der Waals surface area contributed by atoms with Crippen LogP contribution < -0.4 is 0 Å². The molecule has 0 saturated heterocycles. The van der Waals surface area contributed by atoms with Gasteiger partial charge in [0.1, 0.15) is 0 Å². The van der Waals surface area contributed by atoms with E-state index in [-0.39, 0.29) is 0 Å². The molecule has 0 N–H and O–H groups in total. The Morgan fingerprint density at radius 2 is 2.36 bits per heavy atom. The van der Waals surface area contributed by atoms with Gasteiger partial charge < -0.3 is 0 Å². The summed E-state index contributed by atoms with van der Waals surface area (Å²) in [5.74, 6) is 0.678. The van der Waals surface area contributed by atoms with E-state index in [1.807, 2.05) is 0 Å². The summed E-state index contributed by atoms with van der Waals surface area (Å²) >= 11 is 6.37. The average molecular weight is 186 g/mol. The Bertz CT molecular complexity index is 191. The quantitative estimate of drug-likeness (QED) is 0.683. The highest BCUT2D eigenvalue weighted by Crippen LogP contribution is 2.32. The molecule has 0 spiro atoms. The molecule has 0 aliphatic rings. The largest absolute Gasteiger partial charge is 0.170 e.